The predicted octanol–water partition coefficient (Wildman–Crippen LogP) is 6.46. The molecular formula is C31H27ClN6O4S3. The van der Waals surface area contributed by atoms with Crippen LogP contribution >= 0.6 is 46.0 Å². The van der Waals surface area contributed by atoms with Crippen molar-refractivity contribution in [3.8, 4) is 17.2 Å². The first-order chi connectivity index (χ1) is 22.0. The molecule has 5 aromatic rings. The number of methoxy groups -OCH3 is 2. The van der Waals surface area contributed by atoms with Gasteiger partial charge in [-0.25, -0.2) is 5.01 Å². The number of nitrogens with one attached hydrogen (secondary N) is 1. The average Bonchev–Trinajstić information content (AvgIpc) is 3.89. The smallest absolute Gasteiger partial charge is 0.261 e. The quantitative estimate of drug-likeness (QED) is 0.160. The lowest BCUT2D eigenvalue weighted by molar-refractivity contribution is -0.130. The van der Waals surface area contributed by atoms with Gasteiger partial charge in [0, 0.05) is 17.0 Å². The number of ether oxygens (including phenoxy) is 2. The van der Waals surface area contributed by atoms with E-state index >= 15 is 0 Å². The van der Waals surface area contributed by atoms with Crippen molar-refractivity contribution in [2.24, 2.45) is 5.10 Å². The highest BCUT2D eigenvalue weighted by atomic mass is 35.5. The Hall–Kier alpha value is -4.17. The van der Waals surface area contributed by atoms with Gasteiger partial charge < -0.3 is 14.8 Å². The molecule has 0 unspecified atom stereocenters. The van der Waals surface area contributed by atoms with E-state index in [-0.39, 0.29) is 24.1 Å². The third-order valence-corrected chi connectivity index (χ3v) is 9.94. The Morgan fingerprint density at radius 2 is 1.84 bits per heavy atom. The van der Waals surface area contributed by atoms with Crippen molar-refractivity contribution in [2.75, 3.05) is 20.0 Å². The third kappa shape index (κ3) is 6.61. The number of benzene rings is 2. The minimum atomic E-state index is -0.394. The number of hydrazone groups is 1. The van der Waals surface area contributed by atoms with Gasteiger partial charge in [-0.05, 0) is 47.2 Å². The molecule has 0 saturated heterocycles. The van der Waals surface area contributed by atoms with Gasteiger partial charge in [-0.15, -0.1) is 32.9 Å². The van der Waals surface area contributed by atoms with Crippen molar-refractivity contribution >= 4 is 63.6 Å². The largest absolute Gasteiger partial charge is 0.493 e. The molecule has 6 rings (SSSR count). The number of rotatable bonds is 11. The highest BCUT2D eigenvalue weighted by Crippen LogP contribution is 2.42. The summed E-state index contributed by atoms with van der Waals surface area (Å²) in [6, 6.07) is 20.0. The van der Waals surface area contributed by atoms with E-state index in [1.54, 1.807) is 48.3 Å². The summed E-state index contributed by atoms with van der Waals surface area (Å²) in [6.45, 7) is 0.128. The van der Waals surface area contributed by atoms with Gasteiger partial charge >= 0.3 is 0 Å². The van der Waals surface area contributed by atoms with Crippen LogP contribution < -0.4 is 14.8 Å². The number of amides is 2. The molecule has 2 aromatic carbocycles. The summed E-state index contributed by atoms with van der Waals surface area (Å²) in [5.41, 5.74) is 2.33. The molecule has 4 heterocycles. The number of aromatic nitrogens is 3. The van der Waals surface area contributed by atoms with E-state index in [1.807, 2.05) is 59.3 Å². The van der Waals surface area contributed by atoms with Crippen molar-refractivity contribution in [3.63, 3.8) is 0 Å². The third-order valence-electron chi connectivity index (χ3n) is 7.01. The van der Waals surface area contributed by atoms with E-state index in [4.69, 9.17) is 26.2 Å². The van der Waals surface area contributed by atoms with Gasteiger partial charge in [0.1, 0.15) is 0 Å². The second kappa shape index (κ2) is 13.9. The zero-order valence-electron chi connectivity index (χ0n) is 24.2. The molecule has 1 aliphatic heterocycles. The summed E-state index contributed by atoms with van der Waals surface area (Å²) in [5, 5.41) is 22.8. The summed E-state index contributed by atoms with van der Waals surface area (Å²) in [7, 11) is 3.17. The van der Waals surface area contributed by atoms with Gasteiger partial charge in [0.05, 0.1) is 53.7 Å². The summed E-state index contributed by atoms with van der Waals surface area (Å²) in [4.78, 5) is 28.2. The van der Waals surface area contributed by atoms with Crippen LogP contribution in [0.2, 0.25) is 5.02 Å². The highest BCUT2D eigenvalue weighted by molar-refractivity contribution is 7.99. The standard InChI is InChI=1S/C31H27ClN6O4S3/c1-41-24-10-4-9-21(29(24)42-2)23-16-22(25-11-5-13-43-25)36-38(23)28(39)18-45-31-35-34-27(17-33-30(40)26-12-6-14-44-26)37(31)20-8-3-7-19(32)15-20/h3-15,23H,16-18H2,1-2H3,(H,33,40)/t23-/m0/s1. The summed E-state index contributed by atoms with van der Waals surface area (Å²) < 4.78 is 13.1. The van der Waals surface area contributed by atoms with E-state index in [1.165, 1.54) is 28.1 Å². The predicted molar refractivity (Wildman–Crippen MR) is 177 cm³/mol. The zero-order valence-corrected chi connectivity index (χ0v) is 27.4. The minimum absolute atomic E-state index is 0.0320. The van der Waals surface area contributed by atoms with E-state index in [2.05, 4.69) is 15.5 Å². The van der Waals surface area contributed by atoms with Gasteiger partial charge in [0.2, 0.25) is 0 Å². The highest BCUT2D eigenvalue weighted by Gasteiger charge is 2.36. The first kappa shape index (κ1) is 30.8. The number of carbonyl (C=O) groups excluding carboxylic acids is 2. The average molecular weight is 679 g/mol. The lowest BCUT2D eigenvalue weighted by atomic mass is 9.99. The van der Waals surface area contributed by atoms with Gasteiger partial charge in [-0.2, -0.15) is 5.10 Å². The number of halogens is 1. The van der Waals surface area contributed by atoms with Crippen LogP contribution in [-0.2, 0) is 11.3 Å². The molecule has 1 aliphatic rings. The SMILES string of the molecule is COc1cccc([C@@H]2CC(c3cccs3)=NN2C(=O)CSc2nnc(CNC(=O)c3cccs3)n2-c2cccc(Cl)c2)c1OC. The van der Waals surface area contributed by atoms with Crippen LogP contribution in [0.1, 0.15) is 38.4 Å². The van der Waals surface area contributed by atoms with Crippen molar-refractivity contribution < 1.29 is 19.1 Å². The van der Waals surface area contributed by atoms with Gasteiger partial charge in [0.15, 0.2) is 22.5 Å². The summed E-state index contributed by atoms with van der Waals surface area (Å²) >= 11 is 10.5. The molecule has 10 nitrogen and oxygen atoms in total. The first-order valence-corrected chi connectivity index (χ1v) is 16.9. The molecule has 0 bridgehead atoms. The van der Waals surface area contributed by atoms with Crippen LogP contribution in [0.25, 0.3) is 5.69 Å². The molecule has 0 fully saturated rings. The lowest BCUT2D eigenvalue weighted by Crippen LogP contribution is -2.29. The van der Waals surface area contributed by atoms with Crippen LogP contribution in [0.15, 0.2) is 87.7 Å². The molecule has 2 amide bonds. The number of thioether (sulfide) groups is 1. The Morgan fingerprint density at radius 1 is 1.02 bits per heavy atom. The number of para-hydroxylation sites is 1. The van der Waals surface area contributed by atoms with Gasteiger partial charge in [-0.3, -0.25) is 14.2 Å². The maximum atomic E-state index is 13.9. The first-order valence-electron chi connectivity index (χ1n) is 13.8. The molecule has 0 spiro atoms. The van der Waals surface area contributed by atoms with Gasteiger partial charge in [0.25, 0.3) is 11.8 Å². The van der Waals surface area contributed by atoms with Crippen molar-refractivity contribution in [3.05, 3.63) is 104 Å². The molecule has 0 saturated carbocycles. The molecule has 3 aromatic heterocycles. The molecule has 0 aliphatic carbocycles. The molecule has 14 heteroatoms. The monoisotopic (exact) mass is 678 g/mol. The fourth-order valence-corrected chi connectivity index (χ4v) is 7.35. The van der Waals surface area contributed by atoms with E-state index in [0.29, 0.717) is 44.5 Å². The fourth-order valence-electron chi connectivity index (χ4n) is 4.98. The molecular weight excluding hydrogens is 652 g/mol. The van der Waals surface area contributed by atoms with Crippen LogP contribution in [0, 0.1) is 0 Å². The maximum absolute atomic E-state index is 13.9. The Balaban J connectivity index is 1.27. The van der Waals surface area contributed by atoms with E-state index in [9.17, 15) is 9.59 Å². The van der Waals surface area contributed by atoms with E-state index in [0.717, 1.165) is 16.2 Å². The number of hydrogen-bond acceptors (Lipinski definition) is 10. The molecule has 1 N–H and O–H groups in total. The van der Waals surface area contributed by atoms with Crippen LogP contribution in [0.3, 0.4) is 0 Å². The second-order valence-corrected chi connectivity index (χ2v) is 13.0. The minimum Gasteiger partial charge on any atom is -0.493 e. The zero-order chi connectivity index (χ0) is 31.3. The Morgan fingerprint density at radius 3 is 2.58 bits per heavy atom. The Kier molecular flexibility index (Phi) is 9.50. The van der Waals surface area contributed by atoms with E-state index < -0.39 is 6.04 Å². The van der Waals surface area contributed by atoms with Crippen LogP contribution in [0.4, 0.5) is 0 Å². The molecule has 45 heavy (non-hydrogen) atoms. The number of hydrogen-bond donors (Lipinski definition) is 1. The van der Waals surface area contributed by atoms with Crippen LogP contribution in [-0.4, -0.2) is 57.3 Å². The Bertz CT molecular complexity index is 1840. The number of carbonyl (C=O) groups is 2. The summed E-state index contributed by atoms with van der Waals surface area (Å²) in [6.07, 6.45) is 0.521. The molecule has 230 valence electrons. The summed E-state index contributed by atoms with van der Waals surface area (Å²) in [5.74, 6) is 1.25. The van der Waals surface area contributed by atoms with Crippen molar-refractivity contribution in [1.82, 2.24) is 25.1 Å². The Labute approximate surface area is 276 Å². The lowest BCUT2D eigenvalue weighted by Gasteiger charge is -2.24. The number of nitrogens with zero attached hydrogens (tertiary/aromatic N) is 5. The van der Waals surface area contributed by atoms with Crippen molar-refractivity contribution in [2.45, 2.75) is 24.2 Å². The second-order valence-electron chi connectivity index (χ2n) is 9.73. The van der Waals surface area contributed by atoms with Gasteiger partial charge in [-0.1, -0.05) is 53.7 Å². The molecule has 1 atom stereocenters. The topological polar surface area (TPSA) is 111 Å². The number of thiophene rings is 2. The molecule has 0 radical (unpaired) electrons. The maximum Gasteiger partial charge on any atom is 0.261 e. The fraction of sp³-hybridized carbons (Fsp3) is 0.194. The van der Waals surface area contributed by atoms with Crippen molar-refractivity contribution in [1.29, 1.82) is 0 Å². The van der Waals surface area contributed by atoms with Crippen LogP contribution in [0.5, 0.6) is 11.5 Å². The normalized spacial score (nSPS) is 14.3.